The summed E-state index contributed by atoms with van der Waals surface area (Å²) in [6, 6.07) is 0. The van der Waals surface area contributed by atoms with Gasteiger partial charge in [-0.15, -0.1) is 0 Å². The van der Waals surface area contributed by atoms with Gasteiger partial charge in [-0.2, -0.15) is 0 Å². The number of aliphatic imine (C=N–C) groups is 1. The van der Waals surface area contributed by atoms with Crippen LogP contribution >= 0.6 is 0 Å². The van der Waals surface area contributed by atoms with Crippen LogP contribution in [0.4, 0.5) is 0 Å². The fourth-order valence-corrected chi connectivity index (χ4v) is 3.17. The van der Waals surface area contributed by atoms with Crippen LogP contribution in [0.3, 0.4) is 0 Å². The van der Waals surface area contributed by atoms with Gasteiger partial charge in [0.05, 0.1) is 13.2 Å². The Labute approximate surface area is 132 Å². The summed E-state index contributed by atoms with van der Waals surface area (Å²) in [6.45, 7) is 4.31. The average molecular weight is 308 g/mol. The molecule has 0 bridgehead atoms. The van der Waals surface area contributed by atoms with Gasteiger partial charge in [-0.25, -0.2) is 0 Å². The van der Waals surface area contributed by atoms with Crippen LogP contribution in [0.2, 0.25) is 0 Å². The Hall–Kier alpha value is -1.56. The largest absolute Gasteiger partial charge is 0.377 e. The Morgan fingerprint density at radius 1 is 1.59 bits per heavy atom. The number of hydrogen-bond acceptors (Lipinski definition) is 3. The van der Waals surface area contributed by atoms with Gasteiger partial charge in [0.25, 0.3) is 0 Å². The van der Waals surface area contributed by atoms with Gasteiger partial charge in [0.15, 0.2) is 5.96 Å². The second-order valence-electron chi connectivity index (χ2n) is 6.04. The summed E-state index contributed by atoms with van der Waals surface area (Å²) in [6.07, 6.45) is 6.87. The molecule has 0 aromatic carbocycles. The first-order valence-corrected chi connectivity index (χ1v) is 8.18. The third kappa shape index (κ3) is 5.33. The minimum Gasteiger partial charge on any atom is -0.377 e. The molecule has 0 spiro atoms. The highest BCUT2D eigenvalue weighted by molar-refractivity contribution is 5.80. The summed E-state index contributed by atoms with van der Waals surface area (Å²) in [7, 11) is 1.81. The number of rotatable bonds is 5. The molecule has 1 fully saturated rings. The van der Waals surface area contributed by atoms with E-state index in [0.29, 0.717) is 12.3 Å². The lowest BCUT2D eigenvalue weighted by Crippen LogP contribution is -2.47. The van der Waals surface area contributed by atoms with Crippen LogP contribution in [0, 0.1) is 5.92 Å². The highest BCUT2D eigenvalue weighted by Gasteiger charge is 2.23. The molecule has 124 valence electrons. The number of amides is 1. The van der Waals surface area contributed by atoms with Crippen molar-refractivity contribution in [1.82, 2.24) is 10.2 Å². The van der Waals surface area contributed by atoms with Crippen LogP contribution < -0.4 is 11.1 Å². The van der Waals surface area contributed by atoms with Crippen molar-refractivity contribution in [3.63, 3.8) is 0 Å². The zero-order valence-corrected chi connectivity index (χ0v) is 13.5. The van der Waals surface area contributed by atoms with Crippen molar-refractivity contribution in [3.05, 3.63) is 11.6 Å². The minimum atomic E-state index is -0.207. The molecule has 2 heterocycles. The monoisotopic (exact) mass is 308 g/mol. The third-order valence-corrected chi connectivity index (χ3v) is 4.31. The van der Waals surface area contributed by atoms with Gasteiger partial charge in [0.2, 0.25) is 5.91 Å². The average Bonchev–Trinajstić information content (AvgIpc) is 2.52. The smallest absolute Gasteiger partial charge is 0.217 e. The maximum Gasteiger partial charge on any atom is 0.217 e. The molecule has 22 heavy (non-hydrogen) atoms. The van der Waals surface area contributed by atoms with E-state index in [0.717, 1.165) is 64.5 Å². The van der Waals surface area contributed by atoms with Crippen molar-refractivity contribution in [2.75, 3.05) is 39.9 Å². The van der Waals surface area contributed by atoms with Crippen LogP contribution in [-0.4, -0.2) is 56.7 Å². The summed E-state index contributed by atoms with van der Waals surface area (Å²) in [5.41, 5.74) is 6.78. The van der Waals surface area contributed by atoms with E-state index in [-0.39, 0.29) is 5.91 Å². The van der Waals surface area contributed by atoms with Gasteiger partial charge in [-0.3, -0.25) is 9.79 Å². The molecule has 2 aliphatic rings. The van der Waals surface area contributed by atoms with Crippen LogP contribution in [0.5, 0.6) is 0 Å². The first-order valence-electron chi connectivity index (χ1n) is 8.18. The Morgan fingerprint density at radius 2 is 2.45 bits per heavy atom. The van der Waals surface area contributed by atoms with Crippen LogP contribution in [0.15, 0.2) is 16.6 Å². The number of carbonyl (C=O) groups is 1. The van der Waals surface area contributed by atoms with Crippen molar-refractivity contribution >= 4 is 11.9 Å². The molecule has 2 rings (SSSR count). The summed E-state index contributed by atoms with van der Waals surface area (Å²) in [5, 5.41) is 3.44. The van der Waals surface area contributed by atoms with Crippen molar-refractivity contribution in [2.24, 2.45) is 16.6 Å². The maximum atomic E-state index is 11.1. The van der Waals surface area contributed by atoms with E-state index < -0.39 is 0 Å². The van der Waals surface area contributed by atoms with E-state index in [1.165, 1.54) is 5.57 Å². The van der Waals surface area contributed by atoms with Crippen molar-refractivity contribution in [1.29, 1.82) is 0 Å². The Morgan fingerprint density at radius 3 is 3.14 bits per heavy atom. The molecule has 1 atom stereocenters. The Kier molecular flexibility index (Phi) is 6.71. The first-order chi connectivity index (χ1) is 10.7. The van der Waals surface area contributed by atoms with E-state index >= 15 is 0 Å². The summed E-state index contributed by atoms with van der Waals surface area (Å²) in [4.78, 5) is 17.7. The molecule has 0 saturated carbocycles. The molecule has 0 radical (unpaired) electrons. The van der Waals surface area contributed by atoms with E-state index in [1.54, 1.807) is 0 Å². The Bertz CT molecular complexity index is 434. The van der Waals surface area contributed by atoms with E-state index in [4.69, 9.17) is 10.5 Å². The standard InChI is InChI=1S/C16H28N4O2/c1-18-16(19-7-4-13-5-9-22-10-6-13)20-8-2-3-14(12-20)11-15(17)21/h5,14H,2-4,6-12H2,1H3,(H2,17,21)(H,18,19). The van der Waals surface area contributed by atoms with Crippen molar-refractivity contribution in [3.8, 4) is 0 Å². The lowest BCUT2D eigenvalue weighted by Gasteiger charge is -2.34. The Balaban J connectivity index is 1.78. The zero-order valence-electron chi connectivity index (χ0n) is 13.5. The highest BCUT2D eigenvalue weighted by atomic mass is 16.5. The van der Waals surface area contributed by atoms with E-state index in [2.05, 4.69) is 21.3 Å². The molecule has 6 nitrogen and oxygen atoms in total. The third-order valence-electron chi connectivity index (χ3n) is 4.31. The summed E-state index contributed by atoms with van der Waals surface area (Å²) in [5.74, 6) is 1.08. The minimum absolute atomic E-state index is 0.207. The van der Waals surface area contributed by atoms with Crippen molar-refractivity contribution in [2.45, 2.75) is 32.1 Å². The van der Waals surface area contributed by atoms with E-state index in [9.17, 15) is 4.79 Å². The lowest BCUT2D eigenvalue weighted by atomic mass is 9.95. The SMILES string of the molecule is CN=C(NCCC1=CCOCC1)N1CCCC(CC(N)=O)C1. The number of hydrogen-bond donors (Lipinski definition) is 2. The molecule has 1 amide bonds. The number of nitrogens with two attached hydrogens (primary N) is 1. The molecule has 0 aromatic rings. The second-order valence-corrected chi connectivity index (χ2v) is 6.04. The topological polar surface area (TPSA) is 80.0 Å². The normalized spacial score (nSPS) is 23.1. The van der Waals surface area contributed by atoms with Gasteiger partial charge in [0, 0.05) is 33.1 Å². The lowest BCUT2D eigenvalue weighted by molar-refractivity contribution is -0.119. The number of piperidine rings is 1. The van der Waals surface area contributed by atoms with E-state index in [1.807, 2.05) is 7.05 Å². The molecular weight excluding hydrogens is 280 g/mol. The molecule has 6 heteroatoms. The molecule has 1 saturated heterocycles. The predicted molar refractivity (Wildman–Crippen MR) is 87.6 cm³/mol. The predicted octanol–water partition coefficient (Wildman–Crippen LogP) is 0.886. The number of nitrogens with zero attached hydrogens (tertiary/aromatic N) is 2. The molecule has 0 aromatic heterocycles. The highest BCUT2D eigenvalue weighted by Crippen LogP contribution is 2.19. The van der Waals surface area contributed by atoms with Gasteiger partial charge < -0.3 is 20.7 Å². The van der Waals surface area contributed by atoms with Crippen molar-refractivity contribution < 1.29 is 9.53 Å². The van der Waals surface area contributed by atoms with Gasteiger partial charge in [-0.05, 0) is 31.6 Å². The molecule has 0 aliphatic carbocycles. The number of carbonyl (C=O) groups excluding carboxylic acids is 1. The summed E-state index contributed by atoms with van der Waals surface area (Å²) >= 11 is 0. The summed E-state index contributed by atoms with van der Waals surface area (Å²) < 4.78 is 5.32. The number of ether oxygens (including phenoxy) is 1. The van der Waals surface area contributed by atoms with Gasteiger partial charge >= 0.3 is 0 Å². The first kappa shape index (κ1) is 16.8. The van der Waals surface area contributed by atoms with Gasteiger partial charge in [-0.1, -0.05) is 11.6 Å². The maximum absolute atomic E-state index is 11.1. The molecule has 2 aliphatic heterocycles. The molecular formula is C16H28N4O2. The fourth-order valence-electron chi connectivity index (χ4n) is 3.17. The molecule has 1 unspecified atom stereocenters. The fraction of sp³-hybridized carbons (Fsp3) is 0.750. The van der Waals surface area contributed by atoms with Crippen LogP contribution in [0.1, 0.15) is 32.1 Å². The van der Waals surface area contributed by atoms with Crippen LogP contribution in [-0.2, 0) is 9.53 Å². The second kappa shape index (κ2) is 8.78. The number of nitrogens with one attached hydrogen (secondary N) is 1. The molecule has 3 N–H and O–H groups in total. The van der Waals surface area contributed by atoms with Gasteiger partial charge in [0.1, 0.15) is 0 Å². The number of primary amides is 1. The zero-order chi connectivity index (χ0) is 15.8. The van der Waals surface area contributed by atoms with Crippen LogP contribution in [0.25, 0.3) is 0 Å². The quantitative estimate of drug-likeness (QED) is 0.449. The number of likely N-dealkylation sites (tertiary alicyclic amines) is 1. The number of guanidine groups is 1.